The largest absolute Gasteiger partial charge is 0.485 e. The van der Waals surface area contributed by atoms with Gasteiger partial charge in [0.15, 0.2) is 6.61 Å². The van der Waals surface area contributed by atoms with Crippen LogP contribution in [0.25, 0.3) is 0 Å². The Morgan fingerprint density at radius 3 is 2.61 bits per heavy atom. The molecule has 1 fully saturated rings. The number of hydrogen-bond donors (Lipinski definition) is 1. The first-order valence-corrected chi connectivity index (χ1v) is 11.4. The van der Waals surface area contributed by atoms with Gasteiger partial charge < -0.3 is 14.4 Å². The van der Waals surface area contributed by atoms with Crippen molar-refractivity contribution < 1.29 is 27.8 Å². The molecule has 2 aliphatic rings. The molecular formula is C23H18ClF2IN2O4. The topological polar surface area (TPSA) is 79.7 Å². The highest BCUT2D eigenvalue weighted by Crippen LogP contribution is 2.48. The average molecular weight is 587 g/mol. The highest BCUT2D eigenvalue weighted by Gasteiger charge is 2.58. The molecule has 0 saturated carbocycles. The van der Waals surface area contributed by atoms with Gasteiger partial charge in [-0.05, 0) is 29.8 Å². The Hall–Kier alpha value is -2.53. The Kier molecular flexibility index (Phi) is 6.45. The van der Waals surface area contributed by atoms with Crippen LogP contribution < -0.4 is 9.47 Å². The fourth-order valence-electron chi connectivity index (χ4n) is 3.90. The number of para-hydroxylation sites is 1. The van der Waals surface area contributed by atoms with Crippen molar-refractivity contribution in [3.63, 3.8) is 0 Å². The maximum Gasteiger partial charge on any atom is 0.358 e. The Labute approximate surface area is 207 Å². The van der Waals surface area contributed by atoms with Crippen molar-refractivity contribution in [2.24, 2.45) is 11.3 Å². The van der Waals surface area contributed by atoms with E-state index in [4.69, 9.17) is 26.5 Å². The predicted molar refractivity (Wildman–Crippen MR) is 126 cm³/mol. The van der Waals surface area contributed by atoms with Gasteiger partial charge in [0.05, 0.1) is 16.4 Å². The quantitative estimate of drug-likeness (QED) is 0.119. The van der Waals surface area contributed by atoms with Crippen molar-refractivity contribution in [3.05, 3.63) is 71.3 Å². The summed E-state index contributed by atoms with van der Waals surface area (Å²) in [4.78, 5) is 27.0. The molecule has 172 valence electrons. The zero-order valence-electron chi connectivity index (χ0n) is 17.1. The van der Waals surface area contributed by atoms with Gasteiger partial charge in [-0.2, -0.15) is 8.78 Å². The van der Waals surface area contributed by atoms with Crippen LogP contribution in [0.4, 0.5) is 8.78 Å². The Balaban J connectivity index is 1.44. The van der Waals surface area contributed by atoms with E-state index in [1.807, 2.05) is 0 Å². The molecule has 1 unspecified atom stereocenters. The summed E-state index contributed by atoms with van der Waals surface area (Å²) in [6.45, 7) is -0.483. The molecule has 0 spiro atoms. The molecule has 2 atom stereocenters. The molecule has 1 N–H and O–H groups in total. The molecule has 2 aromatic rings. The third-order valence-electron chi connectivity index (χ3n) is 5.56. The molecule has 6 nitrogen and oxygen atoms in total. The minimum atomic E-state index is -3.02. The summed E-state index contributed by atoms with van der Waals surface area (Å²) in [5.41, 5.74) is -0.658. The van der Waals surface area contributed by atoms with Gasteiger partial charge in [0.25, 0.3) is 0 Å². The van der Waals surface area contributed by atoms with Crippen LogP contribution in [-0.2, 0) is 16.1 Å². The second-order valence-corrected chi connectivity index (χ2v) is 9.80. The smallest absolute Gasteiger partial charge is 0.358 e. The lowest BCUT2D eigenvalue weighted by Crippen LogP contribution is -2.46. The number of halogens is 4. The average Bonchev–Trinajstić information content (AvgIpc) is 2.92. The molecule has 4 rings (SSSR count). The van der Waals surface area contributed by atoms with Crippen LogP contribution in [0, 0.1) is 16.7 Å². The molecule has 1 heterocycles. The number of nitrogens with one attached hydrogen (secondary N) is 1. The second kappa shape index (κ2) is 9.02. The normalized spacial score (nSPS) is 21.4. The molecular weight excluding hydrogens is 569 g/mol. The van der Waals surface area contributed by atoms with Crippen LogP contribution in [-0.4, -0.2) is 39.6 Å². The number of hydrogen-bond acceptors (Lipinski definition) is 5. The van der Waals surface area contributed by atoms with Crippen molar-refractivity contribution in [3.8, 4) is 11.5 Å². The number of benzene rings is 2. The lowest BCUT2D eigenvalue weighted by atomic mass is 9.66. The van der Waals surface area contributed by atoms with E-state index in [1.54, 1.807) is 59.5 Å². The lowest BCUT2D eigenvalue weighted by molar-refractivity contribution is -0.130. The molecule has 0 aromatic heterocycles. The van der Waals surface area contributed by atoms with Gasteiger partial charge in [-0.3, -0.25) is 10.2 Å². The number of esters is 1. The number of carbonyl (C=O) groups is 2. The van der Waals surface area contributed by atoms with Gasteiger partial charge in [0.2, 0.25) is 5.91 Å². The van der Waals surface area contributed by atoms with E-state index in [1.165, 1.54) is 6.07 Å². The highest BCUT2D eigenvalue weighted by atomic mass is 127. The van der Waals surface area contributed by atoms with Crippen LogP contribution in [0.15, 0.2) is 60.7 Å². The number of rotatable bonds is 8. The first-order valence-electron chi connectivity index (χ1n) is 9.91. The highest BCUT2D eigenvalue weighted by molar-refractivity contribution is 14.1. The SMILES string of the molecule is N=C(C(=O)Oc1ccccc1)[C@]12C=CC1C(=O)N(Cc1ccc(OCC(F)(F)I)c(Cl)c1)C2. The molecule has 1 amide bonds. The molecule has 0 radical (unpaired) electrons. The maximum atomic E-state index is 13.0. The molecule has 33 heavy (non-hydrogen) atoms. The number of ether oxygens (including phenoxy) is 2. The maximum absolute atomic E-state index is 13.0. The fourth-order valence-corrected chi connectivity index (χ4v) is 4.31. The van der Waals surface area contributed by atoms with E-state index < -0.39 is 27.8 Å². The number of alkyl halides is 3. The summed E-state index contributed by atoms with van der Waals surface area (Å²) in [6.07, 6.45) is 3.37. The number of fused-ring (bicyclic) bond motifs is 1. The summed E-state index contributed by atoms with van der Waals surface area (Å²) < 4.78 is 33.3. The van der Waals surface area contributed by atoms with Crippen LogP contribution in [0.3, 0.4) is 0 Å². The Morgan fingerprint density at radius 2 is 2.00 bits per heavy atom. The lowest BCUT2D eigenvalue weighted by Gasteiger charge is -2.34. The minimum absolute atomic E-state index is 0.119. The Morgan fingerprint density at radius 1 is 1.27 bits per heavy atom. The van der Waals surface area contributed by atoms with Crippen molar-refractivity contribution in [1.29, 1.82) is 5.41 Å². The third-order valence-corrected chi connectivity index (χ3v) is 6.16. The molecule has 2 aromatic carbocycles. The number of likely N-dealkylation sites (tertiary alicyclic amines) is 1. The van der Waals surface area contributed by atoms with Crippen LogP contribution in [0.2, 0.25) is 5.02 Å². The molecule has 1 aliphatic carbocycles. The first-order chi connectivity index (χ1) is 15.6. The molecule has 1 saturated heterocycles. The minimum Gasteiger partial charge on any atom is -0.485 e. The summed E-state index contributed by atoms with van der Waals surface area (Å²) in [5, 5.41) is 8.58. The van der Waals surface area contributed by atoms with E-state index in [0.717, 1.165) is 22.6 Å². The van der Waals surface area contributed by atoms with Gasteiger partial charge in [-0.1, -0.05) is 48.0 Å². The van der Waals surface area contributed by atoms with Crippen LogP contribution >= 0.6 is 34.2 Å². The monoisotopic (exact) mass is 586 g/mol. The summed E-state index contributed by atoms with van der Waals surface area (Å²) >= 11 is 7.14. The van der Waals surface area contributed by atoms with E-state index >= 15 is 0 Å². The van der Waals surface area contributed by atoms with Gasteiger partial charge in [0.1, 0.15) is 17.2 Å². The molecule has 0 bridgehead atoms. The number of nitrogens with zero attached hydrogens (tertiary/aromatic N) is 1. The van der Waals surface area contributed by atoms with Crippen LogP contribution in [0.5, 0.6) is 11.5 Å². The van der Waals surface area contributed by atoms with E-state index in [-0.39, 0.29) is 35.5 Å². The molecule has 1 aliphatic heterocycles. The van der Waals surface area contributed by atoms with Gasteiger partial charge in [0, 0.05) is 35.7 Å². The zero-order chi connectivity index (χ0) is 23.8. The van der Waals surface area contributed by atoms with Crippen LogP contribution in [0.1, 0.15) is 5.56 Å². The fraction of sp³-hybridized carbons (Fsp3) is 0.261. The van der Waals surface area contributed by atoms with Gasteiger partial charge in [-0.25, -0.2) is 4.79 Å². The summed E-state index contributed by atoms with van der Waals surface area (Å²) in [5.74, 6) is -1.19. The van der Waals surface area contributed by atoms with Crippen molar-refractivity contribution >= 4 is 51.8 Å². The summed E-state index contributed by atoms with van der Waals surface area (Å²) in [6, 6.07) is 13.1. The van der Waals surface area contributed by atoms with E-state index in [2.05, 4.69) is 0 Å². The van der Waals surface area contributed by atoms with Gasteiger partial charge >= 0.3 is 9.90 Å². The first kappa shape index (κ1) is 23.6. The molecule has 10 heteroatoms. The number of carbonyl (C=O) groups excluding carboxylic acids is 2. The number of amides is 1. The van der Waals surface area contributed by atoms with E-state index in [0.29, 0.717) is 11.3 Å². The second-order valence-electron chi connectivity index (χ2n) is 7.82. The third kappa shape index (κ3) is 4.89. The van der Waals surface area contributed by atoms with Crippen molar-refractivity contribution in [2.75, 3.05) is 13.2 Å². The summed E-state index contributed by atoms with van der Waals surface area (Å²) in [7, 11) is 0. The predicted octanol–water partition coefficient (Wildman–Crippen LogP) is 4.89. The van der Waals surface area contributed by atoms with E-state index in [9.17, 15) is 18.4 Å². The zero-order valence-corrected chi connectivity index (χ0v) is 20.0. The van der Waals surface area contributed by atoms with Crippen molar-refractivity contribution in [1.82, 2.24) is 4.90 Å². The standard InChI is InChI=1S/C23H18ClF2IN2O4/c24-17-10-14(6-7-18(17)32-13-23(25,26)27)11-29-12-22(9-8-16(22)20(29)30)19(28)21(31)33-15-4-2-1-3-5-15/h1-10,16,28H,11-13H2/t16?,22-/m0/s1. The Bertz CT molecular complexity index is 1140. The van der Waals surface area contributed by atoms with Gasteiger partial charge in [-0.15, -0.1) is 0 Å². The van der Waals surface area contributed by atoms with Crippen molar-refractivity contribution in [2.45, 2.75) is 10.5 Å².